The maximum absolute atomic E-state index is 12.2. The average Bonchev–Trinajstić information content (AvgIpc) is 3.07. The molecule has 1 atom stereocenters. The van der Waals surface area contributed by atoms with Gasteiger partial charge in [-0.05, 0) is 17.1 Å². The van der Waals surface area contributed by atoms with E-state index in [1.165, 1.54) is 23.8 Å². The highest BCUT2D eigenvalue weighted by atomic mass is 35.6. The Balaban J connectivity index is 2.07. The monoisotopic (exact) mass is 510 g/mol. The van der Waals surface area contributed by atoms with Crippen LogP contribution < -0.4 is 15.4 Å². The Morgan fingerprint density at radius 1 is 1.28 bits per heavy atom. The van der Waals surface area contributed by atoms with E-state index in [0.29, 0.717) is 5.82 Å². The molecule has 0 radical (unpaired) electrons. The Bertz CT molecular complexity index is 1010. The van der Waals surface area contributed by atoms with Gasteiger partial charge in [0, 0.05) is 6.92 Å². The van der Waals surface area contributed by atoms with Crippen LogP contribution in [0.3, 0.4) is 0 Å². The van der Waals surface area contributed by atoms with Gasteiger partial charge in [0.05, 0.1) is 18.1 Å². The van der Waals surface area contributed by atoms with E-state index in [0.717, 1.165) is 12.3 Å². The van der Waals surface area contributed by atoms with Crippen LogP contribution in [0.4, 0.5) is 22.0 Å². The van der Waals surface area contributed by atoms with E-state index in [1.807, 2.05) is 0 Å². The van der Waals surface area contributed by atoms with Crippen LogP contribution in [0, 0.1) is 27.2 Å². The first-order valence-corrected chi connectivity index (χ1v) is 9.83. The highest BCUT2D eigenvalue weighted by Gasteiger charge is 2.36. The maximum atomic E-state index is 12.2. The van der Waals surface area contributed by atoms with Crippen molar-refractivity contribution in [3.63, 3.8) is 0 Å². The Labute approximate surface area is 195 Å². The average molecular weight is 512 g/mol. The number of aromatic nitrogens is 2. The summed E-state index contributed by atoms with van der Waals surface area (Å²) in [4.78, 5) is 37.1. The first-order valence-electron chi connectivity index (χ1n) is 8.69. The number of nitro groups is 2. The molecule has 1 aromatic heterocycles. The molecule has 13 nitrogen and oxygen atoms in total. The smallest absolute Gasteiger partial charge is 0.409 e. The Morgan fingerprint density at radius 3 is 2.53 bits per heavy atom. The number of nitrogens with zero attached hydrogens (tertiary/aromatic N) is 4. The number of carbonyl (C=O) groups is 1. The number of methoxy groups -OCH3 is 1. The molecule has 0 aliphatic rings. The molecule has 0 unspecified atom stereocenters. The number of nitrogens with one attached hydrogen (secondary N) is 2. The summed E-state index contributed by atoms with van der Waals surface area (Å²) in [6.45, 7) is 1.24. The number of nitro benzene ring substituents is 1. The van der Waals surface area contributed by atoms with Gasteiger partial charge in [-0.1, -0.05) is 34.8 Å². The minimum absolute atomic E-state index is 0.0502. The number of hydrogen-bond acceptors (Lipinski definition) is 9. The standard InChI is InChI=1S/C16H17Cl3N6O7/c1-9-20-8-13(25(29)30)23(9)5-6-32-15(26)22-14(16(17,18)19)21-11-4-3-10(31-2)7-12(11)24(27)28/h3-4,7-8,14,21H,5-6H2,1-2H3,(H,22,26)/t14-/m0/s1. The van der Waals surface area contributed by atoms with Crippen molar-refractivity contribution in [2.75, 3.05) is 19.0 Å². The summed E-state index contributed by atoms with van der Waals surface area (Å²) >= 11 is 17.7. The zero-order chi connectivity index (χ0) is 24.1. The number of hydrogen-bond donors (Lipinski definition) is 2. The number of amides is 1. The Kier molecular flexibility index (Phi) is 8.30. The normalized spacial score (nSPS) is 12.0. The van der Waals surface area contributed by atoms with E-state index in [1.54, 1.807) is 6.92 Å². The third-order valence-corrected chi connectivity index (χ3v) is 4.71. The number of anilines is 1. The topological polar surface area (TPSA) is 164 Å². The van der Waals surface area contributed by atoms with E-state index in [9.17, 15) is 25.0 Å². The molecular weight excluding hydrogens is 495 g/mol. The van der Waals surface area contributed by atoms with Gasteiger partial charge in [-0.2, -0.15) is 0 Å². The van der Waals surface area contributed by atoms with Gasteiger partial charge in [-0.15, -0.1) is 0 Å². The first-order chi connectivity index (χ1) is 14.9. The zero-order valence-corrected chi connectivity index (χ0v) is 18.8. The molecule has 16 heteroatoms. The number of rotatable bonds is 9. The lowest BCUT2D eigenvalue weighted by molar-refractivity contribution is -0.392. The molecular formula is C16H17Cl3N6O7. The third-order valence-electron chi connectivity index (χ3n) is 4.06. The number of halogens is 3. The van der Waals surface area contributed by atoms with Crippen molar-refractivity contribution in [1.29, 1.82) is 0 Å². The molecule has 0 fully saturated rings. The van der Waals surface area contributed by atoms with Crippen molar-refractivity contribution >= 4 is 58.1 Å². The van der Waals surface area contributed by atoms with E-state index in [2.05, 4.69) is 15.6 Å². The molecule has 0 aliphatic carbocycles. The van der Waals surface area contributed by atoms with Crippen molar-refractivity contribution < 1.29 is 24.1 Å². The third kappa shape index (κ3) is 6.48. The van der Waals surface area contributed by atoms with Gasteiger partial charge in [-0.25, -0.2) is 14.3 Å². The van der Waals surface area contributed by atoms with Crippen molar-refractivity contribution in [2.24, 2.45) is 0 Å². The molecule has 0 bridgehead atoms. The summed E-state index contributed by atoms with van der Waals surface area (Å²) < 4.78 is 9.06. The molecule has 2 aromatic rings. The summed E-state index contributed by atoms with van der Waals surface area (Å²) in [5.74, 6) is 0.316. The number of carbonyl (C=O) groups excluding carboxylic acids is 1. The first kappa shape index (κ1) is 25.2. The van der Waals surface area contributed by atoms with Crippen LogP contribution in [0.2, 0.25) is 0 Å². The fraction of sp³-hybridized carbons (Fsp3) is 0.375. The van der Waals surface area contributed by atoms with E-state index < -0.39 is 25.9 Å². The molecule has 0 saturated carbocycles. The Morgan fingerprint density at radius 2 is 1.97 bits per heavy atom. The largest absolute Gasteiger partial charge is 0.496 e. The number of ether oxygens (including phenoxy) is 2. The second-order valence-corrected chi connectivity index (χ2v) is 8.48. The van der Waals surface area contributed by atoms with Crippen LogP contribution in [0.1, 0.15) is 5.82 Å². The molecule has 0 saturated heterocycles. The van der Waals surface area contributed by atoms with Crippen molar-refractivity contribution in [1.82, 2.24) is 14.9 Å². The summed E-state index contributed by atoms with van der Waals surface area (Å²) in [5.41, 5.74) is -0.446. The molecule has 1 aromatic carbocycles. The van der Waals surface area contributed by atoms with Crippen molar-refractivity contribution in [3.8, 4) is 5.75 Å². The zero-order valence-electron chi connectivity index (χ0n) is 16.6. The molecule has 174 valence electrons. The SMILES string of the molecule is COc1ccc(N[C@@H](NC(=O)OCCn2c([N+](=O)[O-])cnc2C)C(Cl)(Cl)Cl)c([N+](=O)[O-])c1. The molecule has 0 spiro atoms. The lowest BCUT2D eigenvalue weighted by Gasteiger charge is -2.26. The maximum Gasteiger partial charge on any atom is 0.409 e. The van der Waals surface area contributed by atoms with Gasteiger partial charge >= 0.3 is 11.9 Å². The van der Waals surface area contributed by atoms with Gasteiger partial charge in [0.25, 0.3) is 5.69 Å². The van der Waals surface area contributed by atoms with Crippen LogP contribution in [-0.4, -0.2) is 49.2 Å². The summed E-state index contributed by atoms with van der Waals surface area (Å²) in [5, 5.41) is 27.2. The van der Waals surface area contributed by atoms with Gasteiger partial charge < -0.3 is 24.9 Å². The summed E-state index contributed by atoms with van der Waals surface area (Å²) in [6.07, 6.45) is -1.39. The minimum atomic E-state index is -2.13. The van der Waals surface area contributed by atoms with Crippen LogP contribution >= 0.6 is 34.8 Å². The van der Waals surface area contributed by atoms with Crippen LogP contribution in [0.5, 0.6) is 5.75 Å². The van der Waals surface area contributed by atoms with Gasteiger partial charge in [0.2, 0.25) is 3.79 Å². The number of alkyl halides is 3. The van der Waals surface area contributed by atoms with E-state index >= 15 is 0 Å². The van der Waals surface area contributed by atoms with Crippen molar-refractivity contribution in [2.45, 2.75) is 23.4 Å². The number of benzene rings is 1. The van der Waals surface area contributed by atoms with Crippen LogP contribution in [0.25, 0.3) is 0 Å². The van der Waals surface area contributed by atoms with E-state index in [4.69, 9.17) is 44.3 Å². The fourth-order valence-corrected chi connectivity index (χ4v) is 2.86. The van der Waals surface area contributed by atoms with Crippen LogP contribution in [0.15, 0.2) is 24.4 Å². The molecule has 2 rings (SSSR count). The highest BCUT2D eigenvalue weighted by molar-refractivity contribution is 6.68. The lowest BCUT2D eigenvalue weighted by atomic mass is 10.2. The highest BCUT2D eigenvalue weighted by Crippen LogP contribution is 2.35. The molecule has 2 N–H and O–H groups in total. The van der Waals surface area contributed by atoms with E-state index in [-0.39, 0.29) is 36.1 Å². The predicted molar refractivity (Wildman–Crippen MR) is 115 cm³/mol. The number of aryl methyl sites for hydroxylation is 1. The molecule has 32 heavy (non-hydrogen) atoms. The Hall–Kier alpha value is -3.03. The predicted octanol–water partition coefficient (Wildman–Crippen LogP) is 3.55. The molecule has 1 amide bonds. The number of alkyl carbamates (subject to hydrolysis) is 1. The fourth-order valence-electron chi connectivity index (χ4n) is 2.53. The van der Waals surface area contributed by atoms with Gasteiger partial charge in [-0.3, -0.25) is 15.4 Å². The lowest BCUT2D eigenvalue weighted by Crippen LogP contribution is -2.49. The summed E-state index contributed by atoms with van der Waals surface area (Å²) in [7, 11) is 1.34. The van der Waals surface area contributed by atoms with Crippen molar-refractivity contribution in [3.05, 3.63) is 50.4 Å². The second kappa shape index (κ2) is 10.5. The van der Waals surface area contributed by atoms with Gasteiger partial charge in [0.15, 0.2) is 12.0 Å². The number of imidazole rings is 1. The molecule has 0 aliphatic heterocycles. The second-order valence-electron chi connectivity index (χ2n) is 6.11. The van der Waals surface area contributed by atoms with Crippen LogP contribution in [-0.2, 0) is 11.3 Å². The summed E-state index contributed by atoms with van der Waals surface area (Å²) in [6, 6.07) is 3.90. The molecule has 1 heterocycles. The van der Waals surface area contributed by atoms with Gasteiger partial charge in [0.1, 0.15) is 30.8 Å². The minimum Gasteiger partial charge on any atom is -0.496 e. The quantitative estimate of drug-likeness (QED) is 0.222.